The van der Waals surface area contributed by atoms with Crippen molar-refractivity contribution in [2.75, 3.05) is 26.3 Å². The zero-order chi connectivity index (χ0) is 12.1. The molecule has 1 aliphatic rings. The van der Waals surface area contributed by atoms with Crippen LogP contribution in [0.2, 0.25) is 0 Å². The Morgan fingerprint density at radius 2 is 2.18 bits per heavy atom. The van der Waals surface area contributed by atoms with Gasteiger partial charge in [0, 0.05) is 31.8 Å². The van der Waals surface area contributed by atoms with E-state index in [0.717, 1.165) is 31.9 Å². The Morgan fingerprint density at radius 3 is 2.88 bits per heavy atom. The van der Waals surface area contributed by atoms with Crippen LogP contribution < -0.4 is 5.43 Å². The lowest BCUT2D eigenvalue weighted by molar-refractivity contribution is -0.384. The summed E-state index contributed by atoms with van der Waals surface area (Å²) in [6.07, 6.45) is 0. The number of benzene rings is 1. The molecule has 0 spiro atoms. The summed E-state index contributed by atoms with van der Waals surface area (Å²) in [7, 11) is 0. The molecule has 0 amide bonds. The number of nitrogens with one attached hydrogen (secondary N) is 1. The lowest BCUT2D eigenvalue weighted by atomic mass is 10.2. The van der Waals surface area contributed by atoms with Crippen molar-refractivity contribution in [1.82, 2.24) is 10.4 Å². The molecule has 17 heavy (non-hydrogen) atoms. The summed E-state index contributed by atoms with van der Waals surface area (Å²) in [6.45, 7) is 3.73. The second-order valence-electron chi connectivity index (χ2n) is 3.86. The Bertz CT molecular complexity index is 391. The maximum atomic E-state index is 10.6. The molecule has 1 saturated heterocycles. The first-order valence-electron chi connectivity index (χ1n) is 5.55. The number of rotatable bonds is 4. The highest BCUT2D eigenvalue weighted by molar-refractivity contribution is 5.34. The summed E-state index contributed by atoms with van der Waals surface area (Å²) in [5.41, 5.74) is 4.27. The van der Waals surface area contributed by atoms with E-state index in [1.165, 1.54) is 6.07 Å². The molecule has 0 saturated carbocycles. The van der Waals surface area contributed by atoms with Gasteiger partial charge in [-0.25, -0.2) is 5.01 Å². The lowest BCUT2D eigenvalue weighted by Crippen LogP contribution is -2.45. The minimum atomic E-state index is -0.377. The molecule has 1 N–H and O–H groups in total. The zero-order valence-corrected chi connectivity index (χ0v) is 9.46. The Morgan fingerprint density at radius 1 is 1.41 bits per heavy atom. The average Bonchev–Trinajstić information content (AvgIpc) is 2.38. The molecule has 6 nitrogen and oxygen atoms in total. The van der Waals surface area contributed by atoms with E-state index in [-0.39, 0.29) is 10.6 Å². The minimum Gasteiger partial charge on any atom is -0.379 e. The standard InChI is InChI=1S/C11H15N3O3/c15-14(16)11-3-1-2-10(8-11)9-12-13-4-6-17-7-5-13/h1-3,8,12H,4-7,9H2. The molecule has 0 atom stereocenters. The van der Waals surface area contributed by atoms with Crippen LogP contribution in [-0.2, 0) is 11.3 Å². The van der Waals surface area contributed by atoms with Crippen LogP contribution in [0.25, 0.3) is 0 Å². The van der Waals surface area contributed by atoms with Crippen LogP contribution in [-0.4, -0.2) is 36.2 Å². The fourth-order valence-corrected chi connectivity index (χ4v) is 1.70. The van der Waals surface area contributed by atoms with Crippen LogP contribution in [0.5, 0.6) is 0 Å². The number of nitro benzene ring substituents is 1. The quantitative estimate of drug-likeness (QED) is 0.623. The van der Waals surface area contributed by atoms with Crippen molar-refractivity contribution in [1.29, 1.82) is 0 Å². The summed E-state index contributed by atoms with van der Waals surface area (Å²) >= 11 is 0. The van der Waals surface area contributed by atoms with Crippen molar-refractivity contribution in [2.24, 2.45) is 0 Å². The number of hydrogen-bond donors (Lipinski definition) is 1. The van der Waals surface area contributed by atoms with Crippen LogP contribution in [0.4, 0.5) is 5.69 Å². The van der Waals surface area contributed by atoms with Gasteiger partial charge in [-0.05, 0) is 5.56 Å². The fourth-order valence-electron chi connectivity index (χ4n) is 1.70. The highest BCUT2D eigenvalue weighted by atomic mass is 16.6. The number of ether oxygens (including phenoxy) is 1. The molecule has 1 aromatic carbocycles. The van der Waals surface area contributed by atoms with E-state index in [0.29, 0.717) is 6.54 Å². The summed E-state index contributed by atoms with van der Waals surface area (Å²) in [4.78, 5) is 10.2. The van der Waals surface area contributed by atoms with Crippen LogP contribution in [0.3, 0.4) is 0 Å². The van der Waals surface area contributed by atoms with Crippen LogP contribution in [0.15, 0.2) is 24.3 Å². The monoisotopic (exact) mass is 237 g/mol. The van der Waals surface area contributed by atoms with Gasteiger partial charge in [0.15, 0.2) is 0 Å². The topological polar surface area (TPSA) is 67.6 Å². The highest BCUT2D eigenvalue weighted by Crippen LogP contribution is 2.12. The van der Waals surface area contributed by atoms with Gasteiger partial charge in [0.2, 0.25) is 0 Å². The molecule has 0 aliphatic carbocycles. The first kappa shape index (κ1) is 12.0. The molecular weight excluding hydrogens is 222 g/mol. The number of hydrogen-bond acceptors (Lipinski definition) is 5. The van der Waals surface area contributed by atoms with Crippen molar-refractivity contribution < 1.29 is 9.66 Å². The molecule has 6 heteroatoms. The van der Waals surface area contributed by atoms with Gasteiger partial charge >= 0.3 is 0 Å². The molecule has 1 aromatic rings. The van der Waals surface area contributed by atoms with Gasteiger partial charge < -0.3 is 4.74 Å². The molecule has 0 unspecified atom stereocenters. The Hall–Kier alpha value is -1.50. The first-order chi connectivity index (χ1) is 8.25. The van der Waals surface area contributed by atoms with Gasteiger partial charge in [0.05, 0.1) is 18.1 Å². The largest absolute Gasteiger partial charge is 0.379 e. The Balaban J connectivity index is 1.89. The van der Waals surface area contributed by atoms with E-state index in [4.69, 9.17) is 4.74 Å². The maximum absolute atomic E-state index is 10.6. The second kappa shape index (κ2) is 5.72. The van der Waals surface area contributed by atoms with Crippen LogP contribution in [0, 0.1) is 10.1 Å². The molecule has 1 aliphatic heterocycles. The van der Waals surface area contributed by atoms with Crippen molar-refractivity contribution in [2.45, 2.75) is 6.54 Å². The number of nitrogens with zero attached hydrogens (tertiary/aromatic N) is 2. The van der Waals surface area contributed by atoms with Crippen molar-refractivity contribution in [3.05, 3.63) is 39.9 Å². The van der Waals surface area contributed by atoms with Gasteiger partial charge in [0.25, 0.3) is 5.69 Å². The van der Waals surface area contributed by atoms with E-state index < -0.39 is 0 Å². The SMILES string of the molecule is O=[N+]([O-])c1cccc(CNN2CCOCC2)c1. The summed E-state index contributed by atoms with van der Waals surface area (Å²) in [5.74, 6) is 0. The van der Waals surface area contributed by atoms with Gasteiger partial charge in [-0.2, -0.15) is 0 Å². The van der Waals surface area contributed by atoms with E-state index in [9.17, 15) is 10.1 Å². The number of non-ortho nitro benzene ring substituents is 1. The Kier molecular flexibility index (Phi) is 4.03. The van der Waals surface area contributed by atoms with E-state index in [1.807, 2.05) is 6.07 Å². The first-order valence-corrected chi connectivity index (χ1v) is 5.55. The highest BCUT2D eigenvalue weighted by Gasteiger charge is 2.10. The third kappa shape index (κ3) is 3.48. The number of nitro groups is 1. The second-order valence-corrected chi connectivity index (χ2v) is 3.86. The molecule has 1 heterocycles. The molecule has 0 radical (unpaired) electrons. The smallest absolute Gasteiger partial charge is 0.269 e. The van der Waals surface area contributed by atoms with Crippen molar-refractivity contribution >= 4 is 5.69 Å². The third-order valence-corrected chi connectivity index (χ3v) is 2.64. The third-order valence-electron chi connectivity index (χ3n) is 2.64. The van der Waals surface area contributed by atoms with Crippen molar-refractivity contribution in [3.63, 3.8) is 0 Å². The van der Waals surface area contributed by atoms with Crippen LogP contribution >= 0.6 is 0 Å². The molecular formula is C11H15N3O3. The molecule has 0 aromatic heterocycles. The van der Waals surface area contributed by atoms with Crippen molar-refractivity contribution in [3.8, 4) is 0 Å². The number of morpholine rings is 1. The van der Waals surface area contributed by atoms with E-state index in [2.05, 4.69) is 10.4 Å². The molecule has 2 rings (SSSR count). The van der Waals surface area contributed by atoms with Gasteiger partial charge in [0.1, 0.15) is 0 Å². The number of hydrazine groups is 1. The van der Waals surface area contributed by atoms with Gasteiger partial charge in [-0.1, -0.05) is 12.1 Å². The lowest BCUT2D eigenvalue weighted by Gasteiger charge is -2.27. The van der Waals surface area contributed by atoms with Gasteiger partial charge in [-0.3, -0.25) is 15.5 Å². The summed E-state index contributed by atoms with van der Waals surface area (Å²) < 4.78 is 5.23. The molecule has 1 fully saturated rings. The van der Waals surface area contributed by atoms with Gasteiger partial charge in [-0.15, -0.1) is 0 Å². The van der Waals surface area contributed by atoms with Crippen LogP contribution in [0.1, 0.15) is 5.56 Å². The molecule has 92 valence electrons. The summed E-state index contributed by atoms with van der Waals surface area (Å²) in [6, 6.07) is 6.67. The average molecular weight is 237 g/mol. The fraction of sp³-hybridized carbons (Fsp3) is 0.455. The van der Waals surface area contributed by atoms with E-state index in [1.54, 1.807) is 12.1 Å². The minimum absolute atomic E-state index is 0.131. The Labute approximate surface area is 99.3 Å². The molecule has 0 bridgehead atoms. The predicted octanol–water partition coefficient (Wildman–Crippen LogP) is 0.932. The van der Waals surface area contributed by atoms with E-state index >= 15 is 0 Å². The summed E-state index contributed by atoms with van der Waals surface area (Å²) in [5, 5.41) is 12.7. The normalized spacial score (nSPS) is 16.9. The maximum Gasteiger partial charge on any atom is 0.269 e. The zero-order valence-electron chi connectivity index (χ0n) is 9.46. The predicted molar refractivity (Wildman–Crippen MR) is 62.3 cm³/mol.